The minimum atomic E-state index is -0.439. The van der Waals surface area contributed by atoms with Crippen molar-refractivity contribution in [2.75, 3.05) is 17.6 Å². The molecule has 1 saturated carbocycles. The second-order valence-electron chi connectivity index (χ2n) is 7.23. The number of nitrogen functional groups attached to an aromatic ring is 1. The quantitative estimate of drug-likeness (QED) is 0.612. The maximum absolute atomic E-state index is 12.9. The fourth-order valence-electron chi connectivity index (χ4n) is 3.81. The van der Waals surface area contributed by atoms with Gasteiger partial charge in [0, 0.05) is 36.8 Å². The van der Waals surface area contributed by atoms with Crippen LogP contribution in [0.2, 0.25) is 5.02 Å². The normalized spacial score (nSPS) is 23.2. The van der Waals surface area contributed by atoms with Crippen LogP contribution in [0.25, 0.3) is 5.65 Å². The molecule has 1 saturated heterocycles. The van der Waals surface area contributed by atoms with Crippen LogP contribution in [0.15, 0.2) is 30.9 Å². The first-order valence-corrected chi connectivity index (χ1v) is 9.37. The Morgan fingerprint density at radius 3 is 3.00 bits per heavy atom. The van der Waals surface area contributed by atoms with Crippen LogP contribution in [0, 0.1) is 0 Å². The molecule has 1 aliphatic heterocycles. The Labute approximate surface area is 165 Å². The van der Waals surface area contributed by atoms with Crippen LogP contribution in [-0.4, -0.2) is 43.7 Å². The number of hydrogen-bond donors (Lipinski definition) is 3. The lowest BCUT2D eigenvalue weighted by Gasteiger charge is -2.54. The summed E-state index contributed by atoms with van der Waals surface area (Å²) in [5.41, 5.74) is 7.16. The Kier molecular flexibility index (Phi) is 3.88. The number of carbonyl (C=O) groups is 1. The summed E-state index contributed by atoms with van der Waals surface area (Å²) < 4.78 is 7.47. The molecule has 2 aliphatic rings. The number of hydrogen-bond acceptors (Lipinski definition) is 7. The minimum absolute atomic E-state index is 0.0654. The summed E-state index contributed by atoms with van der Waals surface area (Å²) in [4.78, 5) is 21.1. The lowest BCUT2D eigenvalue weighted by molar-refractivity contribution is -0.0183. The van der Waals surface area contributed by atoms with Gasteiger partial charge in [-0.25, -0.2) is 9.50 Å². The molecule has 0 unspecified atom stereocenters. The second-order valence-corrected chi connectivity index (χ2v) is 7.67. The number of anilines is 2. The fraction of sp³-hybridized carbons (Fsp3) is 0.333. The summed E-state index contributed by atoms with van der Waals surface area (Å²) in [5.74, 6) is 0.204. The van der Waals surface area contributed by atoms with Crippen molar-refractivity contribution in [1.82, 2.24) is 24.9 Å². The van der Waals surface area contributed by atoms with E-state index in [2.05, 4.69) is 25.7 Å². The van der Waals surface area contributed by atoms with E-state index in [0.29, 0.717) is 22.1 Å². The molecule has 0 atom stereocenters. The molecule has 0 bridgehead atoms. The van der Waals surface area contributed by atoms with Gasteiger partial charge in [0.1, 0.15) is 23.1 Å². The molecule has 1 amide bonds. The van der Waals surface area contributed by atoms with Crippen LogP contribution in [0.1, 0.15) is 29.6 Å². The van der Waals surface area contributed by atoms with Crippen molar-refractivity contribution >= 4 is 34.7 Å². The smallest absolute Gasteiger partial charge is 0.263 e. The maximum Gasteiger partial charge on any atom is 0.263 e. The van der Waals surface area contributed by atoms with Gasteiger partial charge in [0.05, 0.1) is 17.4 Å². The molecular weight excluding hydrogens is 382 g/mol. The highest BCUT2D eigenvalue weighted by molar-refractivity contribution is 6.30. The standard InChI is InChI=1S/C18H18ClN7O2/c19-10-7-22-16-14(15(20)25-26(16)9-10)17(27)24-12-8-21-3-1-13(12)28-11-5-18(6-11)2-4-23-18/h1,3,7-9,11,23H,2,4-6H2,(H2,20,25)(H,24,27). The second kappa shape index (κ2) is 6.32. The monoisotopic (exact) mass is 399 g/mol. The third-order valence-corrected chi connectivity index (χ3v) is 5.55. The van der Waals surface area contributed by atoms with Gasteiger partial charge >= 0.3 is 0 Å². The van der Waals surface area contributed by atoms with Crippen molar-refractivity contribution in [3.05, 3.63) is 41.4 Å². The molecule has 10 heteroatoms. The SMILES string of the molecule is Nc1nn2cc(Cl)cnc2c1C(=O)Nc1cnccc1OC1CC2(CCN2)C1. The average molecular weight is 400 g/mol. The largest absolute Gasteiger partial charge is 0.488 e. The van der Waals surface area contributed by atoms with Gasteiger partial charge in [-0.2, -0.15) is 0 Å². The Bertz CT molecular complexity index is 1070. The highest BCUT2D eigenvalue weighted by Gasteiger charge is 2.49. The molecule has 1 aliphatic carbocycles. The predicted octanol–water partition coefficient (Wildman–Crippen LogP) is 1.89. The Morgan fingerprint density at radius 1 is 1.43 bits per heavy atom. The number of rotatable bonds is 4. The number of carbonyl (C=O) groups excluding carboxylic acids is 1. The molecule has 1 spiro atoms. The average Bonchev–Trinajstić information content (AvgIpc) is 2.92. The van der Waals surface area contributed by atoms with Gasteiger partial charge in [0.25, 0.3) is 5.91 Å². The lowest BCUT2D eigenvalue weighted by Crippen LogP contribution is -2.67. The van der Waals surface area contributed by atoms with Crippen LogP contribution in [0.5, 0.6) is 5.75 Å². The Balaban J connectivity index is 1.36. The van der Waals surface area contributed by atoms with Crippen LogP contribution in [-0.2, 0) is 0 Å². The van der Waals surface area contributed by atoms with E-state index in [-0.39, 0.29) is 23.0 Å². The number of amides is 1. The topological polar surface area (TPSA) is 119 Å². The summed E-state index contributed by atoms with van der Waals surface area (Å²) >= 11 is 5.92. The third-order valence-electron chi connectivity index (χ3n) is 5.36. The summed E-state index contributed by atoms with van der Waals surface area (Å²) in [5, 5.41) is 10.8. The summed E-state index contributed by atoms with van der Waals surface area (Å²) in [6.07, 6.45) is 9.41. The number of aromatic nitrogens is 4. The van der Waals surface area contributed by atoms with Gasteiger partial charge in [-0.05, 0) is 13.0 Å². The third kappa shape index (κ3) is 2.83. The highest BCUT2D eigenvalue weighted by atomic mass is 35.5. The van der Waals surface area contributed by atoms with E-state index < -0.39 is 5.91 Å². The van der Waals surface area contributed by atoms with Gasteiger partial charge in [-0.15, -0.1) is 5.10 Å². The summed E-state index contributed by atoms with van der Waals surface area (Å²) in [6, 6.07) is 1.74. The van der Waals surface area contributed by atoms with Crippen molar-refractivity contribution in [1.29, 1.82) is 0 Å². The van der Waals surface area contributed by atoms with Crippen LogP contribution in [0.3, 0.4) is 0 Å². The van der Waals surface area contributed by atoms with E-state index in [0.717, 1.165) is 19.4 Å². The van der Waals surface area contributed by atoms with Crippen molar-refractivity contribution in [2.24, 2.45) is 0 Å². The number of fused-ring (bicyclic) bond motifs is 1. The molecular formula is C18H18ClN7O2. The highest BCUT2D eigenvalue weighted by Crippen LogP contribution is 2.42. The molecule has 4 heterocycles. The van der Waals surface area contributed by atoms with Gasteiger partial charge in [0.15, 0.2) is 11.5 Å². The number of nitrogens with zero attached hydrogens (tertiary/aromatic N) is 4. The first-order chi connectivity index (χ1) is 13.5. The van der Waals surface area contributed by atoms with Gasteiger partial charge in [-0.1, -0.05) is 11.6 Å². The molecule has 5 rings (SSSR count). The predicted molar refractivity (Wildman–Crippen MR) is 104 cm³/mol. The van der Waals surface area contributed by atoms with E-state index >= 15 is 0 Å². The molecule has 3 aromatic rings. The molecule has 144 valence electrons. The molecule has 9 nitrogen and oxygen atoms in total. The fourth-order valence-corrected chi connectivity index (χ4v) is 3.95. The van der Waals surface area contributed by atoms with E-state index in [1.54, 1.807) is 18.5 Å². The first-order valence-electron chi connectivity index (χ1n) is 8.99. The maximum atomic E-state index is 12.9. The molecule has 2 fully saturated rings. The molecule has 3 aromatic heterocycles. The molecule has 28 heavy (non-hydrogen) atoms. The Hall–Kier alpha value is -2.91. The van der Waals surface area contributed by atoms with Crippen molar-refractivity contribution in [3.8, 4) is 5.75 Å². The molecule has 0 aromatic carbocycles. The minimum Gasteiger partial charge on any atom is -0.488 e. The molecule has 0 radical (unpaired) electrons. The number of nitrogens with one attached hydrogen (secondary N) is 2. The van der Waals surface area contributed by atoms with Gasteiger partial charge < -0.3 is 21.1 Å². The van der Waals surface area contributed by atoms with Crippen molar-refractivity contribution in [3.63, 3.8) is 0 Å². The van der Waals surface area contributed by atoms with Crippen LogP contribution >= 0.6 is 11.6 Å². The number of halogens is 1. The first kappa shape index (κ1) is 17.2. The van der Waals surface area contributed by atoms with E-state index in [9.17, 15) is 4.79 Å². The molecule has 4 N–H and O–H groups in total. The number of ether oxygens (including phenoxy) is 1. The zero-order valence-electron chi connectivity index (χ0n) is 14.9. The van der Waals surface area contributed by atoms with E-state index in [1.807, 2.05) is 0 Å². The van der Waals surface area contributed by atoms with Crippen molar-refractivity contribution < 1.29 is 9.53 Å². The van der Waals surface area contributed by atoms with Crippen molar-refractivity contribution in [2.45, 2.75) is 30.9 Å². The Morgan fingerprint density at radius 2 is 2.25 bits per heavy atom. The number of pyridine rings is 1. The van der Waals surface area contributed by atoms with Crippen LogP contribution < -0.4 is 21.1 Å². The lowest BCUT2D eigenvalue weighted by atomic mass is 9.68. The van der Waals surface area contributed by atoms with Gasteiger partial charge in [0.2, 0.25) is 0 Å². The van der Waals surface area contributed by atoms with Gasteiger partial charge in [-0.3, -0.25) is 9.78 Å². The summed E-state index contributed by atoms with van der Waals surface area (Å²) in [6.45, 7) is 1.07. The number of nitrogens with two attached hydrogens (primary N) is 1. The summed E-state index contributed by atoms with van der Waals surface area (Å²) in [7, 11) is 0. The van der Waals surface area contributed by atoms with E-state index in [4.69, 9.17) is 22.1 Å². The van der Waals surface area contributed by atoms with E-state index in [1.165, 1.54) is 23.3 Å². The zero-order chi connectivity index (χ0) is 19.3. The zero-order valence-corrected chi connectivity index (χ0v) is 15.6. The van der Waals surface area contributed by atoms with Crippen LogP contribution in [0.4, 0.5) is 11.5 Å².